The Morgan fingerprint density at radius 1 is 1.29 bits per heavy atom. The summed E-state index contributed by atoms with van der Waals surface area (Å²) in [6.45, 7) is 9.88. The Hall–Kier alpha value is -1.62. The molecule has 1 aliphatic rings. The highest BCUT2D eigenvalue weighted by atomic mass is 16.6. The maximum absolute atomic E-state index is 10.7. The van der Waals surface area contributed by atoms with Crippen molar-refractivity contribution >= 4 is 5.69 Å². The van der Waals surface area contributed by atoms with Gasteiger partial charge in [-0.1, -0.05) is 13.8 Å². The summed E-state index contributed by atoms with van der Waals surface area (Å²) >= 11 is 0. The molecule has 118 valence electrons. The summed E-state index contributed by atoms with van der Waals surface area (Å²) in [5.41, 5.74) is 0.784. The first-order valence-corrected chi connectivity index (χ1v) is 7.77. The van der Waals surface area contributed by atoms with E-state index in [2.05, 4.69) is 4.90 Å². The minimum absolute atomic E-state index is 0.143. The first-order valence-electron chi connectivity index (χ1n) is 7.77. The van der Waals surface area contributed by atoms with Crippen LogP contribution in [-0.4, -0.2) is 36.1 Å². The van der Waals surface area contributed by atoms with Crippen LogP contribution in [0.4, 0.5) is 5.69 Å². The van der Waals surface area contributed by atoms with Gasteiger partial charge >= 0.3 is 0 Å². The first-order chi connectivity index (χ1) is 10.2. The molecule has 0 bridgehead atoms. The van der Waals surface area contributed by atoms with Crippen LogP contribution >= 0.6 is 0 Å². The highest BCUT2D eigenvalue weighted by molar-refractivity contribution is 5.44. The Bertz CT molecular complexity index is 443. The molecular weight excluding hydrogens is 268 g/mol. The van der Waals surface area contributed by atoms with E-state index in [9.17, 15) is 10.1 Å². The summed E-state index contributed by atoms with van der Waals surface area (Å²) < 4.78 is 5.63. The van der Waals surface area contributed by atoms with Crippen molar-refractivity contribution in [1.82, 2.24) is 4.90 Å². The minimum atomic E-state index is -0.369. The molecule has 0 aromatic heterocycles. The second-order valence-electron chi connectivity index (χ2n) is 4.96. The van der Waals surface area contributed by atoms with Crippen molar-refractivity contribution in [3.05, 3.63) is 33.9 Å². The third-order valence-electron chi connectivity index (χ3n) is 3.45. The quantitative estimate of drug-likeness (QED) is 0.455. The molecule has 5 nitrogen and oxygen atoms in total. The summed E-state index contributed by atoms with van der Waals surface area (Å²) in [4.78, 5) is 12.8. The summed E-state index contributed by atoms with van der Waals surface area (Å²) in [6, 6.07) is 4.90. The number of hydrogen-bond acceptors (Lipinski definition) is 4. The van der Waals surface area contributed by atoms with Crippen molar-refractivity contribution in [1.29, 1.82) is 0 Å². The van der Waals surface area contributed by atoms with Gasteiger partial charge in [0, 0.05) is 18.2 Å². The Morgan fingerprint density at radius 3 is 2.52 bits per heavy atom. The molecule has 21 heavy (non-hydrogen) atoms. The van der Waals surface area contributed by atoms with Gasteiger partial charge in [0.1, 0.15) is 5.75 Å². The third-order valence-corrected chi connectivity index (χ3v) is 3.45. The fraction of sp³-hybridized carbons (Fsp3) is 0.625. The zero-order chi connectivity index (χ0) is 15.7. The fourth-order valence-electron chi connectivity index (χ4n) is 2.41. The molecule has 0 saturated carbocycles. The molecule has 0 amide bonds. The van der Waals surface area contributed by atoms with Crippen molar-refractivity contribution in [2.75, 3.05) is 26.2 Å². The van der Waals surface area contributed by atoms with E-state index in [-0.39, 0.29) is 10.6 Å². The van der Waals surface area contributed by atoms with E-state index in [1.807, 2.05) is 13.8 Å². The van der Waals surface area contributed by atoms with Crippen LogP contribution in [0.15, 0.2) is 18.2 Å². The molecule has 0 spiro atoms. The normalized spacial score (nSPS) is 14.4. The predicted octanol–water partition coefficient (Wildman–Crippen LogP) is 3.79. The van der Waals surface area contributed by atoms with Gasteiger partial charge in [0.05, 0.1) is 11.5 Å². The maximum atomic E-state index is 10.7. The number of hydrogen-bond donors (Lipinski definition) is 0. The fourth-order valence-corrected chi connectivity index (χ4v) is 2.41. The number of rotatable bonds is 6. The molecule has 0 atom stereocenters. The number of nitrogens with zero attached hydrogens (tertiary/aromatic N) is 2. The summed E-state index contributed by atoms with van der Waals surface area (Å²) in [5.74, 6) is 0.713. The van der Waals surface area contributed by atoms with Gasteiger partial charge in [0.25, 0.3) is 5.69 Å². The number of nitro benzene ring substituents is 1. The lowest BCUT2D eigenvalue weighted by Gasteiger charge is -2.14. The molecule has 5 heteroatoms. The van der Waals surface area contributed by atoms with Gasteiger partial charge in [0.2, 0.25) is 0 Å². The zero-order valence-electron chi connectivity index (χ0n) is 13.3. The largest absolute Gasteiger partial charge is 0.494 e. The van der Waals surface area contributed by atoms with Crippen LogP contribution in [0.25, 0.3) is 0 Å². The van der Waals surface area contributed by atoms with E-state index in [0.29, 0.717) is 17.9 Å². The molecule has 0 N–H and O–H groups in total. The SMILES string of the molecule is CC.Cc1cc(OCCCN2CCCC2)ccc1[N+](=O)[O-]. The second-order valence-corrected chi connectivity index (χ2v) is 4.96. The molecule has 1 heterocycles. The van der Waals surface area contributed by atoms with Crippen molar-refractivity contribution < 1.29 is 9.66 Å². The summed E-state index contributed by atoms with van der Waals surface area (Å²) in [6.07, 6.45) is 3.61. The van der Waals surface area contributed by atoms with E-state index < -0.39 is 0 Å². The minimum Gasteiger partial charge on any atom is -0.494 e. The van der Waals surface area contributed by atoms with Gasteiger partial charge in [-0.25, -0.2) is 0 Å². The van der Waals surface area contributed by atoms with E-state index in [4.69, 9.17) is 4.74 Å². The van der Waals surface area contributed by atoms with Crippen molar-refractivity contribution in [3.63, 3.8) is 0 Å². The van der Waals surface area contributed by atoms with Gasteiger partial charge in [-0.2, -0.15) is 0 Å². The molecule has 2 rings (SSSR count). The van der Waals surface area contributed by atoms with Crippen LogP contribution < -0.4 is 4.74 Å². The van der Waals surface area contributed by atoms with E-state index in [1.54, 1.807) is 19.1 Å². The third kappa shape index (κ3) is 5.71. The van der Waals surface area contributed by atoms with Crippen molar-refractivity contribution in [2.24, 2.45) is 0 Å². The summed E-state index contributed by atoms with van der Waals surface area (Å²) in [5, 5.41) is 10.7. The molecular formula is C16H26N2O3. The second kappa shape index (κ2) is 9.34. The standard InChI is InChI=1S/C14H20N2O3.C2H6/c1-12-11-13(5-6-14(12)16(17)18)19-10-4-9-15-7-2-3-8-15;1-2/h5-6,11H,2-4,7-10H2,1H3;1-2H3. The van der Waals surface area contributed by atoms with Gasteiger partial charge in [-0.3, -0.25) is 10.1 Å². The van der Waals surface area contributed by atoms with Crippen LogP contribution in [0.2, 0.25) is 0 Å². The van der Waals surface area contributed by atoms with E-state index in [1.165, 1.54) is 32.0 Å². The number of ether oxygens (including phenoxy) is 1. The molecule has 1 saturated heterocycles. The van der Waals surface area contributed by atoms with Gasteiger partial charge in [-0.15, -0.1) is 0 Å². The molecule has 0 radical (unpaired) electrons. The monoisotopic (exact) mass is 294 g/mol. The zero-order valence-corrected chi connectivity index (χ0v) is 13.3. The van der Waals surface area contributed by atoms with Crippen LogP contribution in [0, 0.1) is 17.0 Å². The Morgan fingerprint density at radius 2 is 1.95 bits per heavy atom. The Kier molecular flexibility index (Phi) is 7.75. The average Bonchev–Trinajstić information content (AvgIpc) is 2.99. The molecule has 1 aromatic rings. The Balaban J connectivity index is 0.00000106. The van der Waals surface area contributed by atoms with E-state index in [0.717, 1.165) is 13.0 Å². The van der Waals surface area contributed by atoms with Gasteiger partial charge < -0.3 is 9.64 Å². The number of nitro groups is 1. The van der Waals surface area contributed by atoms with Crippen LogP contribution in [0.5, 0.6) is 5.75 Å². The molecule has 0 aliphatic carbocycles. The number of aryl methyl sites for hydroxylation is 1. The highest BCUT2D eigenvalue weighted by Crippen LogP contribution is 2.23. The van der Waals surface area contributed by atoms with Crippen LogP contribution in [0.1, 0.15) is 38.7 Å². The Labute approximate surface area is 127 Å². The molecule has 1 fully saturated rings. The first kappa shape index (κ1) is 17.4. The van der Waals surface area contributed by atoms with Crippen molar-refractivity contribution in [3.8, 4) is 5.75 Å². The molecule has 1 aromatic carbocycles. The van der Waals surface area contributed by atoms with Crippen molar-refractivity contribution in [2.45, 2.75) is 40.0 Å². The average molecular weight is 294 g/mol. The maximum Gasteiger partial charge on any atom is 0.272 e. The van der Waals surface area contributed by atoms with Crippen LogP contribution in [0.3, 0.4) is 0 Å². The van der Waals surface area contributed by atoms with Crippen LogP contribution in [-0.2, 0) is 0 Å². The molecule has 1 aliphatic heterocycles. The topological polar surface area (TPSA) is 55.6 Å². The van der Waals surface area contributed by atoms with Gasteiger partial charge in [-0.05, 0) is 51.4 Å². The number of benzene rings is 1. The van der Waals surface area contributed by atoms with E-state index >= 15 is 0 Å². The lowest BCUT2D eigenvalue weighted by Crippen LogP contribution is -2.21. The lowest BCUT2D eigenvalue weighted by molar-refractivity contribution is -0.385. The molecule has 0 unspecified atom stereocenters. The lowest BCUT2D eigenvalue weighted by atomic mass is 10.2. The summed E-state index contributed by atoms with van der Waals surface area (Å²) in [7, 11) is 0. The van der Waals surface area contributed by atoms with Gasteiger partial charge in [0.15, 0.2) is 0 Å². The number of likely N-dealkylation sites (tertiary alicyclic amines) is 1. The predicted molar refractivity (Wildman–Crippen MR) is 85.0 cm³/mol. The highest BCUT2D eigenvalue weighted by Gasteiger charge is 2.12. The smallest absolute Gasteiger partial charge is 0.272 e.